The van der Waals surface area contributed by atoms with Crippen molar-refractivity contribution >= 4 is 20.1 Å². The number of rotatable bonds is 4. The summed E-state index contributed by atoms with van der Waals surface area (Å²) >= 11 is 0. The fraction of sp³-hybridized carbons (Fsp3) is 0.879. The predicted octanol–water partition coefficient (Wildman–Crippen LogP) is 7.97. The van der Waals surface area contributed by atoms with E-state index in [1.807, 2.05) is 0 Å². The van der Waals surface area contributed by atoms with Gasteiger partial charge in [0.05, 0.1) is 18.6 Å². The van der Waals surface area contributed by atoms with Gasteiger partial charge in [0.1, 0.15) is 0 Å². The maximum absolute atomic E-state index is 13.5. The van der Waals surface area contributed by atoms with Crippen molar-refractivity contribution in [1.82, 2.24) is 0 Å². The summed E-state index contributed by atoms with van der Waals surface area (Å²) in [4.78, 5) is 26.6. The van der Waals surface area contributed by atoms with Crippen LogP contribution in [-0.4, -0.2) is 33.3 Å². The first kappa shape index (κ1) is 28.6. The zero-order chi connectivity index (χ0) is 28.1. The van der Waals surface area contributed by atoms with E-state index in [9.17, 15) is 9.59 Å². The highest BCUT2D eigenvalue weighted by Gasteiger charge is 2.72. The lowest BCUT2D eigenvalue weighted by Crippen LogP contribution is -2.66. The van der Waals surface area contributed by atoms with Gasteiger partial charge in [-0.05, 0) is 135 Å². The molecule has 5 rings (SSSR count). The van der Waals surface area contributed by atoms with Gasteiger partial charge in [-0.25, -0.2) is 0 Å². The van der Waals surface area contributed by atoms with Gasteiger partial charge in [0, 0.05) is 6.42 Å². The Balaban J connectivity index is 1.64. The minimum Gasteiger partial charge on any atom is -0.469 e. The molecule has 214 valence electrons. The second-order valence-corrected chi connectivity index (χ2v) is 20.5. The lowest BCUT2D eigenvalue weighted by atomic mass is 9.34. The summed E-state index contributed by atoms with van der Waals surface area (Å²) in [5.41, 5.74) is 2.30. The number of fused-ring (bicyclic) bond motifs is 7. The highest BCUT2D eigenvalue weighted by atomic mass is 28.4. The number of methoxy groups -OCH3 is 1. The Bertz CT molecular complexity index is 1040. The molecule has 0 saturated heterocycles. The third-order valence-corrected chi connectivity index (χ3v) is 14.2. The topological polar surface area (TPSA) is 52.6 Å². The van der Waals surface area contributed by atoms with E-state index in [-0.39, 0.29) is 33.7 Å². The minimum absolute atomic E-state index is 0.00724. The zero-order valence-corrected chi connectivity index (χ0v) is 27.0. The van der Waals surface area contributed by atoms with Crippen LogP contribution in [0.2, 0.25) is 19.6 Å². The van der Waals surface area contributed by atoms with Gasteiger partial charge in [0.2, 0.25) is 0 Å². The Morgan fingerprint density at radius 1 is 0.974 bits per heavy atom. The summed E-state index contributed by atoms with van der Waals surface area (Å²) in [6.45, 7) is 21.4. The molecule has 0 heterocycles. The lowest BCUT2D eigenvalue weighted by molar-refractivity contribution is -0.216. The lowest BCUT2D eigenvalue weighted by Gasteiger charge is -2.71. The summed E-state index contributed by atoms with van der Waals surface area (Å²) in [6, 6.07) is 0. The Morgan fingerprint density at radius 2 is 1.66 bits per heavy atom. The molecule has 4 nitrogen and oxygen atoms in total. The first-order valence-corrected chi connectivity index (χ1v) is 19.0. The van der Waals surface area contributed by atoms with E-state index < -0.39 is 8.32 Å². The van der Waals surface area contributed by atoms with Crippen LogP contribution < -0.4 is 0 Å². The van der Waals surface area contributed by atoms with Crippen LogP contribution in [-0.2, 0) is 18.8 Å². The average Bonchev–Trinajstić information content (AvgIpc) is 3.22. The summed E-state index contributed by atoms with van der Waals surface area (Å²) in [7, 11) is -0.248. The highest BCUT2D eigenvalue weighted by molar-refractivity contribution is 6.69. The van der Waals surface area contributed by atoms with Crippen molar-refractivity contribution in [2.24, 2.45) is 51.2 Å². The molecule has 9 atom stereocenters. The molecular formula is C33H54O4Si. The van der Waals surface area contributed by atoms with Crippen LogP contribution in [0.15, 0.2) is 11.1 Å². The van der Waals surface area contributed by atoms with E-state index in [1.54, 1.807) is 7.11 Å². The van der Waals surface area contributed by atoms with E-state index in [0.717, 1.165) is 44.1 Å². The standard InChI is InChI=1S/C33H54O4Si/c1-20(2)22-13-16-33(29(35)36-7)18-17-31(5)23(28(22)33)11-12-26-30(4)15-14-24(34)21(3)27(30)25(19-32(26,31)6)37-38(8,9)10/h20,22-23,25-26,28H,11-19H2,1-10H3/t22-,23+,25?,26+,28+,30+,31+,32+,33-/m0/s1. The zero-order valence-electron chi connectivity index (χ0n) is 26.0. The van der Waals surface area contributed by atoms with Crippen molar-refractivity contribution in [3.63, 3.8) is 0 Å². The SMILES string of the molecule is COC(=O)[C@]12CC[C@@H](C(C)C)[C@@H]1[C@H]1CC[C@@H]3[C@@]4(C)CCC(=O)C(C)=C4C(O[Si](C)(C)C)C[C@@]3(C)[C@]1(C)CC2. The van der Waals surface area contributed by atoms with Gasteiger partial charge in [0.15, 0.2) is 14.1 Å². The Morgan fingerprint density at radius 3 is 2.26 bits per heavy atom. The molecule has 0 aromatic heterocycles. The molecule has 0 aromatic carbocycles. The molecular weight excluding hydrogens is 488 g/mol. The molecule has 38 heavy (non-hydrogen) atoms. The third kappa shape index (κ3) is 3.76. The first-order chi connectivity index (χ1) is 17.6. The highest BCUT2D eigenvalue weighted by Crippen LogP contribution is 2.76. The number of hydrogen-bond donors (Lipinski definition) is 0. The number of carbonyl (C=O) groups excluding carboxylic acids is 2. The second-order valence-electron chi connectivity index (χ2n) is 16.0. The van der Waals surface area contributed by atoms with Crippen LogP contribution in [0.5, 0.6) is 0 Å². The van der Waals surface area contributed by atoms with Gasteiger partial charge < -0.3 is 9.16 Å². The molecule has 0 N–H and O–H groups in total. The fourth-order valence-electron chi connectivity index (χ4n) is 11.4. The Kier molecular flexibility index (Phi) is 6.79. The van der Waals surface area contributed by atoms with Crippen molar-refractivity contribution in [3.8, 4) is 0 Å². The van der Waals surface area contributed by atoms with E-state index in [4.69, 9.17) is 9.16 Å². The van der Waals surface area contributed by atoms with Crippen molar-refractivity contribution in [2.45, 2.75) is 125 Å². The molecule has 0 amide bonds. The maximum Gasteiger partial charge on any atom is 0.312 e. The number of ketones is 1. The number of carbonyl (C=O) groups is 2. The van der Waals surface area contributed by atoms with Gasteiger partial charge in [-0.15, -0.1) is 0 Å². The quantitative estimate of drug-likeness (QED) is 0.267. The number of ether oxygens (including phenoxy) is 1. The van der Waals surface area contributed by atoms with Gasteiger partial charge in [-0.2, -0.15) is 0 Å². The third-order valence-electron chi connectivity index (χ3n) is 13.2. The molecule has 0 bridgehead atoms. The number of esters is 1. The van der Waals surface area contributed by atoms with Crippen LogP contribution in [0, 0.1) is 51.2 Å². The molecule has 4 fully saturated rings. The van der Waals surface area contributed by atoms with Gasteiger partial charge in [-0.1, -0.05) is 34.6 Å². The van der Waals surface area contributed by atoms with Crippen molar-refractivity contribution in [1.29, 1.82) is 0 Å². The van der Waals surface area contributed by atoms with E-state index in [0.29, 0.717) is 41.8 Å². The van der Waals surface area contributed by atoms with Crippen LogP contribution >= 0.6 is 0 Å². The van der Waals surface area contributed by atoms with Crippen LogP contribution in [0.25, 0.3) is 0 Å². The number of Topliss-reactive ketones (excluding diaryl/α,β-unsaturated/α-hetero) is 1. The second kappa shape index (κ2) is 9.03. The van der Waals surface area contributed by atoms with Crippen LogP contribution in [0.1, 0.15) is 99.3 Å². The fourth-order valence-corrected chi connectivity index (χ4v) is 12.5. The average molecular weight is 543 g/mol. The summed E-state index contributed by atoms with van der Waals surface area (Å²) < 4.78 is 12.6. The van der Waals surface area contributed by atoms with Gasteiger partial charge in [-0.3, -0.25) is 9.59 Å². The van der Waals surface area contributed by atoms with E-state index in [2.05, 4.69) is 61.2 Å². The summed E-state index contributed by atoms with van der Waals surface area (Å²) in [6.07, 6.45) is 9.24. The molecule has 0 radical (unpaired) electrons. The molecule has 0 aliphatic heterocycles. The molecule has 5 heteroatoms. The van der Waals surface area contributed by atoms with Crippen molar-refractivity contribution in [3.05, 3.63) is 11.1 Å². The number of hydrogen-bond acceptors (Lipinski definition) is 4. The molecule has 1 unspecified atom stereocenters. The van der Waals surface area contributed by atoms with Crippen molar-refractivity contribution < 1.29 is 18.8 Å². The summed E-state index contributed by atoms with van der Waals surface area (Å²) in [5, 5.41) is 0. The normalized spacial score (nSPS) is 46.8. The predicted molar refractivity (Wildman–Crippen MR) is 155 cm³/mol. The monoisotopic (exact) mass is 542 g/mol. The Labute approximate surface area is 233 Å². The maximum atomic E-state index is 13.5. The van der Waals surface area contributed by atoms with Crippen LogP contribution in [0.4, 0.5) is 0 Å². The first-order valence-electron chi connectivity index (χ1n) is 15.6. The molecule has 4 saturated carbocycles. The molecule has 0 spiro atoms. The minimum atomic E-state index is -1.85. The molecule has 5 aliphatic carbocycles. The van der Waals surface area contributed by atoms with Gasteiger partial charge >= 0.3 is 5.97 Å². The molecule has 5 aliphatic rings. The van der Waals surface area contributed by atoms with E-state index >= 15 is 0 Å². The summed E-state index contributed by atoms with van der Waals surface area (Å²) in [5.74, 6) is 3.02. The van der Waals surface area contributed by atoms with E-state index in [1.165, 1.54) is 18.4 Å². The van der Waals surface area contributed by atoms with Crippen molar-refractivity contribution in [2.75, 3.05) is 7.11 Å². The Hall–Kier alpha value is -0.943. The smallest absolute Gasteiger partial charge is 0.312 e. The van der Waals surface area contributed by atoms with Gasteiger partial charge in [0.25, 0.3) is 0 Å². The largest absolute Gasteiger partial charge is 0.469 e. The number of allylic oxidation sites excluding steroid dienone is 1. The van der Waals surface area contributed by atoms with Crippen LogP contribution in [0.3, 0.4) is 0 Å². The molecule has 0 aromatic rings.